The Kier molecular flexibility index (Phi) is 4.53. The van der Waals surface area contributed by atoms with Crippen LogP contribution in [0.2, 0.25) is 0 Å². The Morgan fingerprint density at radius 3 is 2.81 bits per heavy atom. The molecule has 21 heavy (non-hydrogen) atoms. The van der Waals surface area contributed by atoms with Gasteiger partial charge in [0.05, 0.1) is 44.7 Å². The van der Waals surface area contributed by atoms with E-state index in [0.29, 0.717) is 26.4 Å². The van der Waals surface area contributed by atoms with E-state index in [1.54, 1.807) is 0 Å². The lowest BCUT2D eigenvalue weighted by Gasteiger charge is -2.29. The number of hydrogen-bond donors (Lipinski definition) is 1. The van der Waals surface area contributed by atoms with E-state index < -0.39 is 0 Å². The van der Waals surface area contributed by atoms with Gasteiger partial charge in [0.25, 0.3) is 0 Å². The molecule has 0 spiro atoms. The van der Waals surface area contributed by atoms with E-state index in [-0.39, 0.29) is 24.2 Å². The van der Waals surface area contributed by atoms with Crippen LogP contribution in [-0.2, 0) is 20.7 Å². The maximum atomic E-state index is 12.6. The van der Waals surface area contributed by atoms with Gasteiger partial charge in [-0.1, -0.05) is 30.3 Å². The SMILES string of the molecule is CC1NC(Cc2ccccc2)C(=O)N1CC1COCCO1. The second-order valence-electron chi connectivity index (χ2n) is 5.64. The van der Waals surface area contributed by atoms with Crippen LogP contribution in [0.4, 0.5) is 0 Å². The van der Waals surface area contributed by atoms with Crippen molar-refractivity contribution in [3.05, 3.63) is 35.9 Å². The van der Waals surface area contributed by atoms with Crippen LogP contribution in [0.5, 0.6) is 0 Å². The summed E-state index contributed by atoms with van der Waals surface area (Å²) < 4.78 is 11.0. The summed E-state index contributed by atoms with van der Waals surface area (Å²) in [5, 5.41) is 3.37. The summed E-state index contributed by atoms with van der Waals surface area (Å²) in [5.41, 5.74) is 1.18. The third kappa shape index (κ3) is 3.43. The molecule has 2 saturated heterocycles. The largest absolute Gasteiger partial charge is 0.376 e. The maximum Gasteiger partial charge on any atom is 0.241 e. The smallest absolute Gasteiger partial charge is 0.241 e. The van der Waals surface area contributed by atoms with Gasteiger partial charge < -0.3 is 14.4 Å². The fourth-order valence-corrected chi connectivity index (χ4v) is 2.95. The number of ether oxygens (including phenoxy) is 2. The molecule has 2 aliphatic rings. The van der Waals surface area contributed by atoms with Gasteiger partial charge in [0, 0.05) is 0 Å². The van der Waals surface area contributed by atoms with E-state index in [1.807, 2.05) is 30.0 Å². The van der Waals surface area contributed by atoms with Crippen LogP contribution in [0.1, 0.15) is 12.5 Å². The molecule has 1 amide bonds. The van der Waals surface area contributed by atoms with Gasteiger partial charge in [0.1, 0.15) is 0 Å². The lowest BCUT2D eigenvalue weighted by Crippen LogP contribution is -2.44. The monoisotopic (exact) mass is 290 g/mol. The Morgan fingerprint density at radius 2 is 2.10 bits per heavy atom. The van der Waals surface area contributed by atoms with Crippen LogP contribution >= 0.6 is 0 Å². The predicted octanol–water partition coefficient (Wildman–Crippen LogP) is 0.791. The summed E-state index contributed by atoms with van der Waals surface area (Å²) in [7, 11) is 0. The molecule has 1 aromatic carbocycles. The molecule has 114 valence electrons. The minimum atomic E-state index is -0.146. The van der Waals surface area contributed by atoms with E-state index in [4.69, 9.17) is 9.47 Å². The molecule has 3 rings (SSSR count). The van der Waals surface area contributed by atoms with Crippen molar-refractivity contribution in [2.24, 2.45) is 0 Å². The lowest BCUT2D eigenvalue weighted by atomic mass is 10.1. The van der Waals surface area contributed by atoms with E-state index >= 15 is 0 Å². The molecule has 2 aliphatic heterocycles. The number of hydrogen-bond acceptors (Lipinski definition) is 4. The third-order valence-electron chi connectivity index (χ3n) is 4.06. The Balaban J connectivity index is 1.60. The maximum absolute atomic E-state index is 12.6. The lowest BCUT2D eigenvalue weighted by molar-refractivity contribution is -0.136. The summed E-state index contributed by atoms with van der Waals surface area (Å²) in [6, 6.07) is 9.96. The normalized spacial score (nSPS) is 29.9. The summed E-state index contributed by atoms with van der Waals surface area (Å²) in [5.74, 6) is 0.153. The second kappa shape index (κ2) is 6.56. The first-order valence-electron chi connectivity index (χ1n) is 7.54. The topological polar surface area (TPSA) is 50.8 Å². The fourth-order valence-electron chi connectivity index (χ4n) is 2.95. The van der Waals surface area contributed by atoms with Crippen molar-refractivity contribution < 1.29 is 14.3 Å². The molecule has 0 radical (unpaired) electrons. The Labute approximate surface area is 125 Å². The molecule has 2 heterocycles. The van der Waals surface area contributed by atoms with Gasteiger partial charge in [-0.15, -0.1) is 0 Å². The second-order valence-corrected chi connectivity index (χ2v) is 5.64. The highest BCUT2D eigenvalue weighted by Gasteiger charge is 2.37. The Hall–Kier alpha value is -1.43. The van der Waals surface area contributed by atoms with Crippen LogP contribution < -0.4 is 5.32 Å². The summed E-state index contributed by atoms with van der Waals surface area (Å²) in [6.45, 7) is 4.45. The molecule has 0 aromatic heterocycles. The molecule has 0 bridgehead atoms. The van der Waals surface area contributed by atoms with Gasteiger partial charge in [-0.3, -0.25) is 10.1 Å². The first-order valence-corrected chi connectivity index (χ1v) is 7.54. The van der Waals surface area contributed by atoms with E-state index in [0.717, 1.165) is 6.42 Å². The molecular weight excluding hydrogens is 268 g/mol. The summed E-state index contributed by atoms with van der Waals surface area (Å²) in [6.07, 6.45) is 0.752. The number of carbonyl (C=O) groups is 1. The highest BCUT2D eigenvalue weighted by Crippen LogP contribution is 2.16. The molecule has 0 saturated carbocycles. The minimum absolute atomic E-state index is 0.0116. The summed E-state index contributed by atoms with van der Waals surface area (Å²) in [4.78, 5) is 14.4. The zero-order chi connectivity index (χ0) is 14.7. The van der Waals surface area contributed by atoms with Crippen molar-refractivity contribution in [2.75, 3.05) is 26.4 Å². The third-order valence-corrected chi connectivity index (χ3v) is 4.06. The average Bonchev–Trinajstić information content (AvgIpc) is 2.77. The molecule has 2 fully saturated rings. The van der Waals surface area contributed by atoms with Crippen molar-refractivity contribution >= 4 is 5.91 Å². The Bertz CT molecular complexity index is 474. The molecule has 1 N–H and O–H groups in total. The van der Waals surface area contributed by atoms with Crippen LogP contribution in [0.3, 0.4) is 0 Å². The first kappa shape index (κ1) is 14.5. The van der Waals surface area contributed by atoms with E-state index in [2.05, 4.69) is 17.4 Å². The number of amides is 1. The van der Waals surface area contributed by atoms with Gasteiger partial charge in [0.2, 0.25) is 5.91 Å². The van der Waals surface area contributed by atoms with Crippen molar-refractivity contribution in [2.45, 2.75) is 31.7 Å². The quantitative estimate of drug-likeness (QED) is 0.891. The van der Waals surface area contributed by atoms with Crippen molar-refractivity contribution in [1.82, 2.24) is 10.2 Å². The van der Waals surface area contributed by atoms with Crippen molar-refractivity contribution in [1.29, 1.82) is 0 Å². The van der Waals surface area contributed by atoms with Gasteiger partial charge in [-0.25, -0.2) is 0 Å². The molecule has 3 atom stereocenters. The van der Waals surface area contributed by atoms with Gasteiger partial charge in [-0.2, -0.15) is 0 Å². The highest BCUT2D eigenvalue weighted by molar-refractivity contribution is 5.84. The standard InChI is InChI=1S/C16H22N2O3/c1-12-17-15(9-13-5-3-2-4-6-13)16(19)18(12)10-14-11-20-7-8-21-14/h2-6,12,14-15,17H,7-11H2,1H3. The van der Waals surface area contributed by atoms with Crippen LogP contribution in [0, 0.1) is 0 Å². The van der Waals surface area contributed by atoms with Crippen molar-refractivity contribution in [3.63, 3.8) is 0 Å². The van der Waals surface area contributed by atoms with Crippen molar-refractivity contribution in [3.8, 4) is 0 Å². The van der Waals surface area contributed by atoms with Gasteiger partial charge in [0.15, 0.2) is 0 Å². The summed E-state index contributed by atoms with van der Waals surface area (Å²) >= 11 is 0. The molecule has 5 nitrogen and oxygen atoms in total. The van der Waals surface area contributed by atoms with Gasteiger partial charge >= 0.3 is 0 Å². The highest BCUT2D eigenvalue weighted by atomic mass is 16.6. The molecular formula is C16H22N2O3. The zero-order valence-electron chi connectivity index (χ0n) is 12.3. The zero-order valence-corrected chi connectivity index (χ0v) is 12.3. The fraction of sp³-hybridized carbons (Fsp3) is 0.562. The van der Waals surface area contributed by atoms with E-state index in [9.17, 15) is 4.79 Å². The van der Waals surface area contributed by atoms with Crippen LogP contribution in [-0.4, -0.2) is 55.5 Å². The number of nitrogens with one attached hydrogen (secondary N) is 1. The average molecular weight is 290 g/mol. The molecule has 1 aromatic rings. The Morgan fingerprint density at radius 1 is 1.29 bits per heavy atom. The van der Waals surface area contributed by atoms with Crippen LogP contribution in [0.25, 0.3) is 0 Å². The van der Waals surface area contributed by atoms with Crippen LogP contribution in [0.15, 0.2) is 30.3 Å². The number of rotatable bonds is 4. The minimum Gasteiger partial charge on any atom is -0.376 e. The number of nitrogens with zero attached hydrogens (tertiary/aromatic N) is 1. The molecule has 3 unspecified atom stereocenters. The predicted molar refractivity (Wildman–Crippen MR) is 78.8 cm³/mol. The first-order chi connectivity index (χ1) is 10.2. The molecule has 0 aliphatic carbocycles. The number of carbonyl (C=O) groups excluding carboxylic acids is 1. The molecule has 5 heteroatoms. The van der Waals surface area contributed by atoms with Gasteiger partial charge in [-0.05, 0) is 18.9 Å². The number of benzene rings is 1. The van der Waals surface area contributed by atoms with E-state index in [1.165, 1.54) is 5.56 Å².